The molecule has 0 aliphatic carbocycles. The van der Waals surface area contributed by atoms with E-state index < -0.39 is 0 Å². The highest BCUT2D eigenvalue weighted by molar-refractivity contribution is 5.61. The van der Waals surface area contributed by atoms with Gasteiger partial charge in [-0.3, -0.25) is 9.97 Å². The Morgan fingerprint density at radius 2 is 1.76 bits per heavy atom. The van der Waals surface area contributed by atoms with Crippen molar-refractivity contribution in [3.8, 4) is 22.8 Å². The van der Waals surface area contributed by atoms with Gasteiger partial charge in [-0.15, -0.1) is 0 Å². The fourth-order valence-corrected chi connectivity index (χ4v) is 2.15. The fraction of sp³-hybridized carbons (Fsp3) is 0.250. The van der Waals surface area contributed by atoms with Gasteiger partial charge in [0.1, 0.15) is 0 Å². The minimum Gasteiger partial charge on any atom is -0.334 e. The normalized spacial score (nSPS) is 11.0. The predicted octanol–water partition coefficient (Wildman–Crippen LogP) is 3.63. The fourth-order valence-electron chi connectivity index (χ4n) is 2.15. The maximum absolute atomic E-state index is 5.41. The molecule has 0 radical (unpaired) electrons. The number of hydrogen-bond acceptors (Lipinski definition) is 5. The van der Waals surface area contributed by atoms with E-state index in [2.05, 4.69) is 34.0 Å². The minimum atomic E-state index is 0.288. The summed E-state index contributed by atoms with van der Waals surface area (Å²) in [5.74, 6) is 1.34. The van der Waals surface area contributed by atoms with Crippen LogP contribution in [0.15, 0.2) is 41.2 Å². The van der Waals surface area contributed by atoms with Gasteiger partial charge in [0.05, 0.1) is 11.3 Å². The van der Waals surface area contributed by atoms with Crippen LogP contribution in [0.25, 0.3) is 22.8 Å². The van der Waals surface area contributed by atoms with Gasteiger partial charge in [-0.2, -0.15) is 4.98 Å². The van der Waals surface area contributed by atoms with Crippen LogP contribution in [0, 0.1) is 6.92 Å². The number of pyridine rings is 2. The van der Waals surface area contributed by atoms with Gasteiger partial charge in [0.25, 0.3) is 5.89 Å². The number of aryl methyl sites for hydroxylation is 1. The van der Waals surface area contributed by atoms with Crippen molar-refractivity contribution in [2.24, 2.45) is 0 Å². The van der Waals surface area contributed by atoms with Gasteiger partial charge in [0, 0.05) is 23.7 Å². The molecule has 3 rings (SSSR count). The zero-order valence-corrected chi connectivity index (χ0v) is 12.2. The summed E-state index contributed by atoms with van der Waals surface area (Å²) in [6, 6.07) is 7.65. The predicted molar refractivity (Wildman–Crippen MR) is 79.6 cm³/mol. The Kier molecular flexibility index (Phi) is 3.48. The summed E-state index contributed by atoms with van der Waals surface area (Å²) in [5, 5.41) is 4.04. The lowest BCUT2D eigenvalue weighted by molar-refractivity contribution is 0.431. The lowest BCUT2D eigenvalue weighted by Crippen LogP contribution is -1.98. The van der Waals surface area contributed by atoms with E-state index in [9.17, 15) is 0 Å². The first-order chi connectivity index (χ1) is 10.1. The number of rotatable bonds is 3. The van der Waals surface area contributed by atoms with E-state index in [1.807, 2.05) is 31.2 Å². The highest BCUT2D eigenvalue weighted by atomic mass is 16.5. The van der Waals surface area contributed by atoms with Crippen molar-refractivity contribution in [2.75, 3.05) is 0 Å². The topological polar surface area (TPSA) is 64.7 Å². The van der Waals surface area contributed by atoms with E-state index >= 15 is 0 Å². The Morgan fingerprint density at radius 3 is 2.48 bits per heavy atom. The van der Waals surface area contributed by atoms with Crippen LogP contribution in [0.2, 0.25) is 0 Å². The van der Waals surface area contributed by atoms with Crippen molar-refractivity contribution in [3.05, 3.63) is 48.0 Å². The monoisotopic (exact) mass is 280 g/mol. The second-order valence-electron chi connectivity index (χ2n) is 5.20. The van der Waals surface area contributed by atoms with Crippen LogP contribution >= 0.6 is 0 Å². The summed E-state index contributed by atoms with van der Waals surface area (Å²) >= 11 is 0. The third-order valence-electron chi connectivity index (χ3n) is 3.21. The maximum Gasteiger partial charge on any atom is 0.260 e. The Bertz CT molecular complexity index is 750. The second-order valence-corrected chi connectivity index (χ2v) is 5.20. The highest BCUT2D eigenvalue weighted by Crippen LogP contribution is 2.28. The Hall–Kier alpha value is -2.56. The zero-order chi connectivity index (χ0) is 14.8. The summed E-state index contributed by atoms with van der Waals surface area (Å²) in [4.78, 5) is 13.1. The molecule has 0 unspecified atom stereocenters. The summed E-state index contributed by atoms with van der Waals surface area (Å²) in [5.41, 5.74) is 3.73. The Morgan fingerprint density at radius 1 is 1.00 bits per heavy atom. The largest absolute Gasteiger partial charge is 0.334 e. The van der Waals surface area contributed by atoms with Crippen LogP contribution in [0.3, 0.4) is 0 Å². The van der Waals surface area contributed by atoms with E-state index in [1.54, 1.807) is 12.4 Å². The average Bonchev–Trinajstić information content (AvgIpc) is 2.97. The summed E-state index contributed by atoms with van der Waals surface area (Å²) in [6.45, 7) is 6.18. The highest BCUT2D eigenvalue weighted by Gasteiger charge is 2.17. The van der Waals surface area contributed by atoms with Crippen molar-refractivity contribution in [1.82, 2.24) is 20.1 Å². The molecule has 3 aromatic heterocycles. The van der Waals surface area contributed by atoms with Crippen molar-refractivity contribution in [2.45, 2.75) is 26.7 Å². The van der Waals surface area contributed by atoms with E-state index in [0.717, 1.165) is 22.5 Å². The molecule has 0 aromatic carbocycles. The zero-order valence-electron chi connectivity index (χ0n) is 12.2. The SMILES string of the molecule is Cc1ccc(-c2nc(-c3ccncc3)no2)c(C(C)C)n1. The van der Waals surface area contributed by atoms with Crippen LogP contribution in [0.4, 0.5) is 0 Å². The standard InChI is InChI=1S/C16H16N4O/c1-10(2)14-13(5-4-11(3)18-14)16-19-15(20-21-16)12-6-8-17-9-7-12/h4-10H,1-3H3. The third-order valence-corrected chi connectivity index (χ3v) is 3.21. The molecular formula is C16H16N4O. The van der Waals surface area contributed by atoms with Crippen molar-refractivity contribution in [3.63, 3.8) is 0 Å². The molecule has 0 spiro atoms. The second kappa shape index (κ2) is 5.44. The van der Waals surface area contributed by atoms with Crippen LogP contribution in [0.5, 0.6) is 0 Å². The quantitative estimate of drug-likeness (QED) is 0.733. The molecule has 0 atom stereocenters. The van der Waals surface area contributed by atoms with Crippen LogP contribution in [-0.4, -0.2) is 20.1 Å². The Labute approximate surface area is 123 Å². The van der Waals surface area contributed by atoms with Crippen LogP contribution in [-0.2, 0) is 0 Å². The molecule has 0 aliphatic heterocycles. The average molecular weight is 280 g/mol. The number of aromatic nitrogens is 4. The molecule has 0 fully saturated rings. The molecule has 106 valence electrons. The first kappa shape index (κ1) is 13.4. The summed E-state index contributed by atoms with van der Waals surface area (Å²) in [6.07, 6.45) is 3.41. The van der Waals surface area contributed by atoms with Gasteiger partial charge in [-0.05, 0) is 37.1 Å². The maximum atomic E-state index is 5.41. The lowest BCUT2D eigenvalue weighted by Gasteiger charge is -2.09. The molecule has 0 bridgehead atoms. The lowest BCUT2D eigenvalue weighted by atomic mass is 10.0. The smallest absolute Gasteiger partial charge is 0.260 e. The van der Waals surface area contributed by atoms with Gasteiger partial charge in [-0.25, -0.2) is 0 Å². The number of nitrogens with zero attached hydrogens (tertiary/aromatic N) is 4. The molecular weight excluding hydrogens is 264 g/mol. The third kappa shape index (κ3) is 2.67. The van der Waals surface area contributed by atoms with Crippen molar-refractivity contribution < 1.29 is 4.52 Å². The van der Waals surface area contributed by atoms with Crippen LogP contribution < -0.4 is 0 Å². The van der Waals surface area contributed by atoms with Crippen molar-refractivity contribution in [1.29, 1.82) is 0 Å². The molecule has 0 amide bonds. The molecule has 0 saturated heterocycles. The van der Waals surface area contributed by atoms with E-state index in [4.69, 9.17) is 4.52 Å². The van der Waals surface area contributed by atoms with E-state index in [1.165, 1.54) is 0 Å². The molecule has 3 aromatic rings. The molecule has 5 heteroatoms. The molecule has 21 heavy (non-hydrogen) atoms. The van der Waals surface area contributed by atoms with Crippen molar-refractivity contribution >= 4 is 0 Å². The summed E-state index contributed by atoms with van der Waals surface area (Å²) in [7, 11) is 0. The molecule has 0 saturated carbocycles. The minimum absolute atomic E-state index is 0.288. The van der Waals surface area contributed by atoms with E-state index in [-0.39, 0.29) is 5.92 Å². The van der Waals surface area contributed by atoms with Crippen LogP contribution in [0.1, 0.15) is 31.2 Å². The number of hydrogen-bond donors (Lipinski definition) is 0. The Balaban J connectivity index is 2.05. The van der Waals surface area contributed by atoms with Gasteiger partial charge in [0.15, 0.2) is 0 Å². The van der Waals surface area contributed by atoms with Gasteiger partial charge < -0.3 is 4.52 Å². The first-order valence-electron chi connectivity index (χ1n) is 6.87. The molecule has 3 heterocycles. The van der Waals surface area contributed by atoms with E-state index in [0.29, 0.717) is 11.7 Å². The van der Waals surface area contributed by atoms with Gasteiger partial charge in [0.2, 0.25) is 5.82 Å². The molecule has 0 N–H and O–H groups in total. The first-order valence-corrected chi connectivity index (χ1v) is 6.87. The summed E-state index contributed by atoms with van der Waals surface area (Å²) < 4.78 is 5.41. The van der Waals surface area contributed by atoms with Gasteiger partial charge >= 0.3 is 0 Å². The molecule has 5 nitrogen and oxygen atoms in total. The van der Waals surface area contributed by atoms with Gasteiger partial charge in [-0.1, -0.05) is 19.0 Å². The molecule has 0 aliphatic rings.